The molecule has 1 aliphatic heterocycles. The number of nitrogens with zero attached hydrogens (tertiary/aromatic N) is 5. The number of piperazine rings is 1. The number of likely N-dealkylation sites (N-methyl/N-ethyl adjacent to an activating group) is 1. The van der Waals surface area contributed by atoms with E-state index in [0.29, 0.717) is 29.8 Å². The third-order valence-electron chi connectivity index (χ3n) is 8.18. The Kier molecular flexibility index (Phi) is 9.16. The van der Waals surface area contributed by atoms with Crippen LogP contribution in [0.3, 0.4) is 0 Å². The van der Waals surface area contributed by atoms with Crippen LogP contribution in [0, 0.1) is 5.92 Å². The van der Waals surface area contributed by atoms with E-state index in [-0.39, 0.29) is 11.5 Å². The van der Waals surface area contributed by atoms with Crippen LogP contribution in [0.4, 0.5) is 11.5 Å². The van der Waals surface area contributed by atoms with Gasteiger partial charge >= 0.3 is 0 Å². The first-order valence-electron chi connectivity index (χ1n) is 14.6. The predicted molar refractivity (Wildman–Crippen MR) is 164 cm³/mol. The van der Waals surface area contributed by atoms with E-state index in [1.807, 2.05) is 6.07 Å². The first-order valence-corrected chi connectivity index (χ1v) is 14.6. The second-order valence-corrected chi connectivity index (χ2v) is 10.8. The Hall–Kier alpha value is -3.95. The highest BCUT2D eigenvalue weighted by atomic mass is 16.1. The Morgan fingerprint density at radius 1 is 1.02 bits per heavy atom. The molecule has 2 aromatic heterocycles. The molecule has 0 spiro atoms. The molecule has 0 radical (unpaired) electrons. The van der Waals surface area contributed by atoms with Gasteiger partial charge in [-0.2, -0.15) is 0 Å². The molecular weight excluding hydrogens is 514 g/mol. The van der Waals surface area contributed by atoms with Crippen LogP contribution >= 0.6 is 0 Å². The minimum absolute atomic E-state index is 0.0184. The fourth-order valence-corrected chi connectivity index (χ4v) is 5.65. The van der Waals surface area contributed by atoms with Crippen LogP contribution in [0.15, 0.2) is 69.6 Å². The highest BCUT2D eigenvalue weighted by molar-refractivity contribution is 6.09. The SMILES string of the molecule is CCC1CC(=Nc2ccc(C(N)=O)cn2)Cc2cc[nH]c(=O)c2C1=Nc1ccc(CCN2CCN(CC)CC2)cc1. The average molecular weight is 554 g/mol. The van der Waals surface area contributed by atoms with E-state index in [9.17, 15) is 9.59 Å². The lowest BCUT2D eigenvalue weighted by atomic mass is 9.92. The van der Waals surface area contributed by atoms with Crippen molar-refractivity contribution >= 4 is 28.8 Å². The Labute approximate surface area is 241 Å². The quantitative estimate of drug-likeness (QED) is 0.410. The number of aliphatic imine (C=N–C) groups is 2. The summed E-state index contributed by atoms with van der Waals surface area (Å²) in [5, 5.41) is 0. The van der Waals surface area contributed by atoms with E-state index in [1.54, 1.807) is 18.3 Å². The van der Waals surface area contributed by atoms with Crippen LogP contribution in [0.1, 0.15) is 53.7 Å². The van der Waals surface area contributed by atoms with Gasteiger partial charge in [-0.15, -0.1) is 0 Å². The van der Waals surface area contributed by atoms with Crippen molar-refractivity contribution < 1.29 is 4.79 Å². The summed E-state index contributed by atoms with van der Waals surface area (Å²) < 4.78 is 0. The van der Waals surface area contributed by atoms with Gasteiger partial charge in [0, 0.05) is 63.2 Å². The van der Waals surface area contributed by atoms with Gasteiger partial charge in [-0.25, -0.2) is 9.98 Å². The molecule has 214 valence electrons. The van der Waals surface area contributed by atoms with Crippen molar-refractivity contribution in [3.05, 3.63) is 87.5 Å². The molecule has 1 amide bonds. The van der Waals surface area contributed by atoms with Crippen molar-refractivity contribution in [2.24, 2.45) is 21.6 Å². The maximum Gasteiger partial charge on any atom is 0.257 e. The van der Waals surface area contributed by atoms with E-state index in [2.05, 4.69) is 57.9 Å². The minimum atomic E-state index is -0.523. The fraction of sp³-hybridized carbons (Fsp3) is 0.406. The van der Waals surface area contributed by atoms with Crippen molar-refractivity contribution in [3.63, 3.8) is 0 Å². The molecule has 5 rings (SSSR count). The number of fused-ring (bicyclic) bond motifs is 1. The molecule has 1 aromatic carbocycles. The first-order chi connectivity index (χ1) is 19.9. The van der Waals surface area contributed by atoms with Gasteiger partial charge in [0.15, 0.2) is 5.82 Å². The van der Waals surface area contributed by atoms with Gasteiger partial charge < -0.3 is 20.5 Å². The number of primary amides is 1. The molecule has 3 aromatic rings. The van der Waals surface area contributed by atoms with Crippen molar-refractivity contribution in [3.8, 4) is 0 Å². The molecule has 41 heavy (non-hydrogen) atoms. The number of aromatic nitrogens is 2. The number of hydrogen-bond donors (Lipinski definition) is 2. The number of carbonyl (C=O) groups excluding carboxylic acids is 1. The van der Waals surface area contributed by atoms with Gasteiger partial charge in [0.1, 0.15) is 0 Å². The molecule has 9 heteroatoms. The first kappa shape index (κ1) is 28.6. The third-order valence-corrected chi connectivity index (χ3v) is 8.18. The number of carbonyl (C=O) groups is 1. The Morgan fingerprint density at radius 2 is 1.78 bits per heavy atom. The van der Waals surface area contributed by atoms with E-state index in [1.165, 1.54) is 11.8 Å². The number of pyridine rings is 2. The third kappa shape index (κ3) is 7.04. The van der Waals surface area contributed by atoms with Crippen molar-refractivity contribution in [2.75, 3.05) is 39.3 Å². The zero-order valence-electron chi connectivity index (χ0n) is 24.0. The highest BCUT2D eigenvalue weighted by Gasteiger charge is 2.28. The molecule has 1 unspecified atom stereocenters. The van der Waals surface area contributed by atoms with Crippen LogP contribution in [0.25, 0.3) is 0 Å². The largest absolute Gasteiger partial charge is 0.366 e. The van der Waals surface area contributed by atoms with Crippen LogP contribution in [0.2, 0.25) is 0 Å². The van der Waals surface area contributed by atoms with Crippen molar-refractivity contribution in [1.29, 1.82) is 0 Å². The van der Waals surface area contributed by atoms with E-state index >= 15 is 0 Å². The van der Waals surface area contributed by atoms with Crippen molar-refractivity contribution in [2.45, 2.75) is 39.5 Å². The van der Waals surface area contributed by atoms with E-state index in [0.717, 1.165) is 74.8 Å². The summed E-state index contributed by atoms with van der Waals surface area (Å²) in [5.74, 6) is 0.00374. The smallest absolute Gasteiger partial charge is 0.257 e. The van der Waals surface area contributed by atoms with E-state index < -0.39 is 5.91 Å². The molecule has 1 saturated heterocycles. The number of nitrogens with one attached hydrogen (secondary N) is 1. The molecule has 0 saturated carbocycles. The topological polar surface area (TPSA) is 120 Å². The van der Waals surface area contributed by atoms with E-state index in [4.69, 9.17) is 15.7 Å². The monoisotopic (exact) mass is 553 g/mol. The van der Waals surface area contributed by atoms with Gasteiger partial charge in [0.05, 0.1) is 22.5 Å². The highest BCUT2D eigenvalue weighted by Crippen LogP contribution is 2.28. The lowest BCUT2D eigenvalue weighted by molar-refractivity contribution is 0.1000. The number of nitrogens with two attached hydrogens (primary N) is 1. The second-order valence-electron chi connectivity index (χ2n) is 10.8. The lowest BCUT2D eigenvalue weighted by Gasteiger charge is -2.34. The predicted octanol–water partition coefficient (Wildman–Crippen LogP) is 3.91. The van der Waals surface area contributed by atoms with Gasteiger partial charge in [-0.1, -0.05) is 26.0 Å². The molecular formula is C32H39N7O2. The number of amides is 1. The fourth-order valence-electron chi connectivity index (χ4n) is 5.65. The van der Waals surface area contributed by atoms with Gasteiger partial charge in [-0.05, 0) is 67.3 Å². The van der Waals surface area contributed by atoms with Gasteiger partial charge in [0.25, 0.3) is 5.56 Å². The summed E-state index contributed by atoms with van der Waals surface area (Å²) in [6, 6.07) is 13.7. The Morgan fingerprint density at radius 3 is 2.44 bits per heavy atom. The maximum atomic E-state index is 13.1. The van der Waals surface area contributed by atoms with Crippen LogP contribution < -0.4 is 11.3 Å². The summed E-state index contributed by atoms with van der Waals surface area (Å²) >= 11 is 0. The van der Waals surface area contributed by atoms with Crippen LogP contribution in [-0.2, 0) is 12.8 Å². The van der Waals surface area contributed by atoms with Crippen molar-refractivity contribution in [1.82, 2.24) is 19.8 Å². The summed E-state index contributed by atoms with van der Waals surface area (Å²) in [4.78, 5) is 46.6. The number of hydrogen-bond acceptors (Lipinski definition) is 7. The lowest BCUT2D eigenvalue weighted by Crippen LogP contribution is -2.46. The summed E-state index contributed by atoms with van der Waals surface area (Å²) in [7, 11) is 0. The molecule has 1 fully saturated rings. The molecule has 2 aliphatic rings. The zero-order valence-corrected chi connectivity index (χ0v) is 24.0. The summed E-state index contributed by atoms with van der Waals surface area (Å²) in [6.45, 7) is 11.1. The number of benzene rings is 1. The normalized spacial score (nSPS) is 20.2. The number of aromatic amines is 1. The number of H-pyrrole nitrogens is 1. The summed E-state index contributed by atoms with van der Waals surface area (Å²) in [6.07, 6.45) is 6.13. The zero-order chi connectivity index (χ0) is 28.8. The molecule has 1 atom stereocenters. The average Bonchev–Trinajstić information content (AvgIpc) is 3.14. The Balaban J connectivity index is 1.37. The molecule has 0 bridgehead atoms. The standard InChI is InChI=1S/C32H39N7O2/c1-3-23-19-27(36-28-10-7-25(21-35-28)31(33)40)20-24-11-13-34-32(41)29(24)30(23)37-26-8-5-22(6-9-26)12-14-39-17-15-38(4-2)16-18-39/h5-11,13,21,23H,3-4,12,14-20H2,1-2H3,(H2,33,40)(H,34,41). The van der Waals surface area contributed by atoms with Gasteiger partial charge in [0.2, 0.25) is 5.91 Å². The molecule has 3 heterocycles. The van der Waals surface area contributed by atoms with Gasteiger partial charge in [-0.3, -0.25) is 14.6 Å². The van der Waals surface area contributed by atoms with Crippen LogP contribution in [0.5, 0.6) is 0 Å². The minimum Gasteiger partial charge on any atom is -0.366 e. The number of rotatable bonds is 8. The van der Waals surface area contributed by atoms with Crippen LogP contribution in [-0.4, -0.2) is 76.4 Å². The Bertz CT molecular complexity index is 1470. The second kappa shape index (κ2) is 13.1. The maximum absolute atomic E-state index is 13.1. The molecule has 9 nitrogen and oxygen atoms in total. The summed E-state index contributed by atoms with van der Waals surface area (Å²) in [5.41, 5.74) is 10.9. The molecule has 3 N–H and O–H groups in total. The molecule has 1 aliphatic carbocycles.